The maximum atomic E-state index is 9.00. The van der Waals surface area contributed by atoms with Gasteiger partial charge in [-0.2, -0.15) is 5.26 Å². The lowest BCUT2D eigenvalue weighted by Crippen LogP contribution is -2.37. The Bertz CT molecular complexity index is 453. The molecule has 3 heteroatoms. The predicted octanol–water partition coefficient (Wildman–Crippen LogP) is 3.40. The number of nitriles is 1. The van der Waals surface area contributed by atoms with Crippen LogP contribution in [0.3, 0.4) is 0 Å². The fourth-order valence-corrected chi connectivity index (χ4v) is 2.27. The first-order valence-corrected chi connectivity index (χ1v) is 6.82. The van der Waals surface area contributed by atoms with E-state index in [0.717, 1.165) is 23.3 Å². The minimum Gasteiger partial charge on any atom is -0.493 e. The van der Waals surface area contributed by atoms with Crippen LogP contribution in [-0.4, -0.2) is 12.1 Å². The fourth-order valence-electron chi connectivity index (χ4n) is 2.27. The van der Waals surface area contributed by atoms with Crippen LogP contribution in [0.2, 0.25) is 0 Å². The number of nitrogens with zero attached hydrogens (tertiary/aromatic N) is 1. The summed E-state index contributed by atoms with van der Waals surface area (Å²) in [6.07, 6.45) is 2.14. The van der Waals surface area contributed by atoms with Crippen molar-refractivity contribution in [2.75, 3.05) is 6.61 Å². The number of benzene rings is 1. The van der Waals surface area contributed by atoms with Crippen molar-refractivity contribution in [3.63, 3.8) is 0 Å². The van der Waals surface area contributed by atoms with Gasteiger partial charge in [0.1, 0.15) is 11.3 Å². The third kappa shape index (κ3) is 4.25. The second-order valence-electron chi connectivity index (χ2n) is 5.30. The average molecular weight is 260 g/mol. The molecule has 1 rings (SSSR count). The van der Waals surface area contributed by atoms with Crippen molar-refractivity contribution < 1.29 is 4.74 Å². The fraction of sp³-hybridized carbons (Fsp3) is 0.562. The molecule has 0 amide bonds. The van der Waals surface area contributed by atoms with Gasteiger partial charge in [0.15, 0.2) is 0 Å². The van der Waals surface area contributed by atoms with Crippen LogP contribution in [0, 0.1) is 32.1 Å². The molecule has 0 radical (unpaired) electrons. The van der Waals surface area contributed by atoms with E-state index >= 15 is 0 Å². The highest BCUT2D eigenvalue weighted by atomic mass is 16.5. The summed E-state index contributed by atoms with van der Waals surface area (Å²) in [6, 6.07) is 6.42. The zero-order valence-electron chi connectivity index (χ0n) is 12.4. The van der Waals surface area contributed by atoms with E-state index in [0.29, 0.717) is 19.4 Å². The molecular formula is C16H24N2O. The van der Waals surface area contributed by atoms with E-state index in [-0.39, 0.29) is 0 Å². The first-order chi connectivity index (χ1) is 8.91. The normalized spacial score (nSPS) is 13.7. The minimum absolute atomic E-state index is 0.603. The summed E-state index contributed by atoms with van der Waals surface area (Å²) in [4.78, 5) is 0. The number of aryl methyl sites for hydroxylation is 3. The Morgan fingerprint density at radius 3 is 2.32 bits per heavy atom. The summed E-state index contributed by atoms with van der Waals surface area (Å²) in [5.74, 6) is 0.960. The van der Waals surface area contributed by atoms with Gasteiger partial charge in [-0.1, -0.05) is 24.6 Å². The van der Waals surface area contributed by atoms with Crippen LogP contribution in [0.15, 0.2) is 12.1 Å². The molecule has 1 aromatic carbocycles. The smallest absolute Gasteiger partial charge is 0.125 e. The second-order valence-corrected chi connectivity index (χ2v) is 5.30. The maximum absolute atomic E-state index is 9.00. The molecule has 0 aliphatic carbocycles. The van der Waals surface area contributed by atoms with E-state index in [9.17, 15) is 0 Å². The van der Waals surface area contributed by atoms with Crippen LogP contribution in [0.5, 0.6) is 5.75 Å². The van der Waals surface area contributed by atoms with Crippen LogP contribution in [0.4, 0.5) is 0 Å². The molecule has 3 nitrogen and oxygen atoms in total. The van der Waals surface area contributed by atoms with Crippen LogP contribution in [0.1, 0.15) is 42.9 Å². The Hall–Kier alpha value is -1.53. The molecule has 104 valence electrons. The zero-order chi connectivity index (χ0) is 14.5. The molecule has 19 heavy (non-hydrogen) atoms. The SMILES string of the molecule is CCC(N)(C#N)CCCOc1c(C)cc(C)cc1C. The first kappa shape index (κ1) is 15.5. The van der Waals surface area contributed by atoms with E-state index in [1.54, 1.807) is 0 Å². The Morgan fingerprint density at radius 2 is 1.84 bits per heavy atom. The summed E-state index contributed by atoms with van der Waals surface area (Å²) < 4.78 is 5.84. The van der Waals surface area contributed by atoms with E-state index in [1.165, 1.54) is 5.56 Å². The van der Waals surface area contributed by atoms with Crippen molar-refractivity contribution in [3.8, 4) is 11.8 Å². The molecule has 2 N–H and O–H groups in total. The molecule has 1 atom stereocenters. The zero-order valence-corrected chi connectivity index (χ0v) is 12.4. The molecule has 0 fully saturated rings. The number of ether oxygens (including phenoxy) is 1. The molecule has 1 aromatic rings. The standard InChI is InChI=1S/C16H24N2O/c1-5-16(18,11-17)7-6-8-19-15-13(3)9-12(2)10-14(15)4/h9-10H,5-8,18H2,1-4H3. The summed E-state index contributed by atoms with van der Waals surface area (Å²) >= 11 is 0. The number of rotatable bonds is 6. The van der Waals surface area contributed by atoms with Gasteiger partial charge in [0.2, 0.25) is 0 Å². The van der Waals surface area contributed by atoms with Crippen LogP contribution >= 0.6 is 0 Å². The number of hydrogen-bond donors (Lipinski definition) is 1. The molecule has 1 unspecified atom stereocenters. The summed E-state index contributed by atoms with van der Waals surface area (Å²) in [6.45, 7) is 8.75. The molecular weight excluding hydrogens is 236 g/mol. The van der Waals surface area contributed by atoms with Crippen molar-refractivity contribution in [1.29, 1.82) is 5.26 Å². The summed E-state index contributed by atoms with van der Waals surface area (Å²) in [5, 5.41) is 9.00. The van der Waals surface area contributed by atoms with Gasteiger partial charge in [-0.25, -0.2) is 0 Å². The van der Waals surface area contributed by atoms with E-state index in [4.69, 9.17) is 15.7 Å². The van der Waals surface area contributed by atoms with Gasteiger partial charge in [0.05, 0.1) is 12.7 Å². The number of hydrogen-bond acceptors (Lipinski definition) is 3. The van der Waals surface area contributed by atoms with Crippen molar-refractivity contribution >= 4 is 0 Å². The Balaban J connectivity index is 2.53. The maximum Gasteiger partial charge on any atom is 0.125 e. The van der Waals surface area contributed by atoms with Crippen LogP contribution in [-0.2, 0) is 0 Å². The molecule has 0 bridgehead atoms. The molecule has 0 saturated carbocycles. The molecule has 0 aliphatic rings. The second kappa shape index (κ2) is 6.58. The monoisotopic (exact) mass is 260 g/mol. The van der Waals surface area contributed by atoms with Crippen molar-refractivity contribution in [2.45, 2.75) is 52.5 Å². The van der Waals surface area contributed by atoms with E-state index < -0.39 is 5.54 Å². The quantitative estimate of drug-likeness (QED) is 0.797. The summed E-state index contributed by atoms with van der Waals surface area (Å²) in [7, 11) is 0. The van der Waals surface area contributed by atoms with E-state index in [2.05, 4.69) is 39.0 Å². The van der Waals surface area contributed by atoms with Crippen molar-refractivity contribution in [2.24, 2.45) is 5.73 Å². The average Bonchev–Trinajstić information content (AvgIpc) is 2.36. The van der Waals surface area contributed by atoms with Crippen LogP contribution < -0.4 is 10.5 Å². The molecule has 0 aromatic heterocycles. The Morgan fingerprint density at radius 1 is 1.26 bits per heavy atom. The van der Waals surface area contributed by atoms with Crippen molar-refractivity contribution in [1.82, 2.24) is 0 Å². The first-order valence-electron chi connectivity index (χ1n) is 6.82. The van der Waals surface area contributed by atoms with Crippen molar-refractivity contribution in [3.05, 3.63) is 28.8 Å². The van der Waals surface area contributed by atoms with E-state index in [1.807, 2.05) is 6.92 Å². The van der Waals surface area contributed by atoms with Gasteiger partial charge >= 0.3 is 0 Å². The van der Waals surface area contributed by atoms with Gasteiger partial charge in [0, 0.05) is 0 Å². The van der Waals surface area contributed by atoms with Crippen LogP contribution in [0.25, 0.3) is 0 Å². The molecule has 0 heterocycles. The minimum atomic E-state index is -0.708. The number of nitrogens with two attached hydrogens (primary N) is 1. The lowest BCUT2D eigenvalue weighted by Gasteiger charge is -2.19. The lowest BCUT2D eigenvalue weighted by atomic mass is 9.94. The van der Waals surface area contributed by atoms with Gasteiger partial charge in [-0.15, -0.1) is 0 Å². The third-order valence-electron chi connectivity index (χ3n) is 3.47. The Labute approximate surface area is 116 Å². The largest absolute Gasteiger partial charge is 0.493 e. The highest BCUT2D eigenvalue weighted by Crippen LogP contribution is 2.25. The highest BCUT2D eigenvalue weighted by molar-refractivity contribution is 5.42. The van der Waals surface area contributed by atoms with Gasteiger partial charge in [-0.3, -0.25) is 0 Å². The highest BCUT2D eigenvalue weighted by Gasteiger charge is 2.21. The summed E-state index contributed by atoms with van der Waals surface area (Å²) in [5.41, 5.74) is 8.80. The predicted molar refractivity (Wildman–Crippen MR) is 78.2 cm³/mol. The topological polar surface area (TPSA) is 59.0 Å². The lowest BCUT2D eigenvalue weighted by molar-refractivity contribution is 0.288. The van der Waals surface area contributed by atoms with Gasteiger partial charge in [-0.05, 0) is 51.2 Å². The third-order valence-corrected chi connectivity index (χ3v) is 3.47. The van der Waals surface area contributed by atoms with Gasteiger partial charge < -0.3 is 10.5 Å². The molecule has 0 aliphatic heterocycles. The molecule has 0 spiro atoms. The van der Waals surface area contributed by atoms with Gasteiger partial charge in [0.25, 0.3) is 0 Å². The Kier molecular flexibility index (Phi) is 5.38. The molecule has 0 saturated heterocycles.